The van der Waals surface area contributed by atoms with Crippen molar-refractivity contribution in [3.8, 4) is 11.1 Å². The van der Waals surface area contributed by atoms with Gasteiger partial charge in [-0.3, -0.25) is 4.79 Å². The maximum atomic E-state index is 12.9. The van der Waals surface area contributed by atoms with Crippen molar-refractivity contribution in [1.82, 2.24) is 14.8 Å². The first-order valence-corrected chi connectivity index (χ1v) is 15.7. The smallest absolute Gasteiger partial charge is 0.341 e. The summed E-state index contributed by atoms with van der Waals surface area (Å²) in [7, 11) is -3.61. The third kappa shape index (κ3) is 6.75. The van der Waals surface area contributed by atoms with Crippen molar-refractivity contribution in [2.45, 2.75) is 43.1 Å². The van der Waals surface area contributed by atoms with Gasteiger partial charge in [0.05, 0.1) is 17.3 Å². The lowest BCUT2D eigenvalue weighted by Crippen LogP contribution is -2.17. The molecule has 0 bridgehead atoms. The Bertz CT molecular complexity index is 1560. The van der Waals surface area contributed by atoms with Gasteiger partial charge in [0, 0.05) is 17.5 Å². The molecule has 12 heteroatoms. The molecule has 39 heavy (non-hydrogen) atoms. The molecule has 1 amide bonds. The Morgan fingerprint density at radius 1 is 1.05 bits per heavy atom. The van der Waals surface area contributed by atoms with Crippen molar-refractivity contribution in [1.29, 1.82) is 0 Å². The van der Waals surface area contributed by atoms with Gasteiger partial charge in [0.2, 0.25) is 5.91 Å². The topological polar surface area (TPSA) is 120 Å². The van der Waals surface area contributed by atoms with Gasteiger partial charge < -0.3 is 14.6 Å². The van der Waals surface area contributed by atoms with Gasteiger partial charge in [-0.15, -0.1) is 21.5 Å². The Kier molecular flexibility index (Phi) is 9.20. The predicted molar refractivity (Wildman–Crippen MR) is 153 cm³/mol. The molecule has 2 aromatic carbocycles. The quantitative estimate of drug-likeness (QED) is 0.188. The molecule has 0 unspecified atom stereocenters. The van der Waals surface area contributed by atoms with E-state index in [1.54, 1.807) is 35.8 Å². The van der Waals surface area contributed by atoms with Gasteiger partial charge >= 0.3 is 5.97 Å². The number of carbonyl (C=O) groups is 2. The highest BCUT2D eigenvalue weighted by molar-refractivity contribution is 7.99. The van der Waals surface area contributed by atoms with Gasteiger partial charge in [-0.05, 0) is 38.5 Å². The molecule has 204 valence electrons. The van der Waals surface area contributed by atoms with Crippen molar-refractivity contribution >= 4 is 49.8 Å². The van der Waals surface area contributed by atoms with Crippen LogP contribution < -0.4 is 5.32 Å². The molecule has 0 atom stereocenters. The summed E-state index contributed by atoms with van der Waals surface area (Å²) in [5.74, 6) is -0.859. The van der Waals surface area contributed by atoms with Crippen molar-refractivity contribution in [3.05, 3.63) is 76.9 Å². The van der Waals surface area contributed by atoms with Crippen LogP contribution in [-0.2, 0) is 31.7 Å². The minimum absolute atomic E-state index is 0.0102. The van der Waals surface area contributed by atoms with Gasteiger partial charge in [0.25, 0.3) is 0 Å². The minimum atomic E-state index is -3.61. The number of aryl methyl sites for hydroxylation is 1. The lowest BCUT2D eigenvalue weighted by Gasteiger charge is -2.10. The van der Waals surface area contributed by atoms with Crippen molar-refractivity contribution in [3.63, 3.8) is 0 Å². The summed E-state index contributed by atoms with van der Waals surface area (Å²) >= 11 is 2.39. The summed E-state index contributed by atoms with van der Waals surface area (Å²) in [6.07, 6.45) is 0. The molecule has 0 aliphatic carbocycles. The molecule has 4 rings (SSSR count). The van der Waals surface area contributed by atoms with Crippen LogP contribution in [0.2, 0.25) is 0 Å². The third-order valence-corrected chi connectivity index (χ3v) is 9.24. The van der Waals surface area contributed by atoms with Crippen LogP contribution in [0.25, 0.3) is 11.1 Å². The summed E-state index contributed by atoms with van der Waals surface area (Å²) in [5, 5.41) is 13.7. The van der Waals surface area contributed by atoms with Crippen LogP contribution in [0.3, 0.4) is 0 Å². The summed E-state index contributed by atoms with van der Waals surface area (Å²) in [6, 6.07) is 16.1. The average molecular weight is 585 g/mol. The number of thioether (sulfide) groups is 1. The number of nitrogens with zero attached hydrogens (tertiary/aromatic N) is 3. The predicted octanol–water partition coefficient (Wildman–Crippen LogP) is 5.22. The van der Waals surface area contributed by atoms with Crippen LogP contribution in [0.1, 0.15) is 35.6 Å². The Hall–Kier alpha value is -3.48. The third-order valence-electron chi connectivity index (χ3n) is 5.75. The summed E-state index contributed by atoms with van der Waals surface area (Å²) in [6.45, 7) is 6.13. The number of anilines is 1. The number of benzene rings is 2. The van der Waals surface area contributed by atoms with E-state index in [-0.39, 0.29) is 28.9 Å². The fraction of sp³-hybridized carbons (Fsp3) is 0.259. The molecule has 0 saturated heterocycles. The largest absolute Gasteiger partial charge is 0.462 e. The molecular weight excluding hydrogens is 557 g/mol. The Morgan fingerprint density at radius 3 is 2.44 bits per heavy atom. The number of ether oxygens (including phenoxy) is 1. The van der Waals surface area contributed by atoms with Crippen LogP contribution in [0.5, 0.6) is 0 Å². The molecular formula is C27H28N4O5S3. The SMILES string of the molecule is CCOC(=O)c1c(-c2ccccc2)csc1NC(=O)CSc1nnc(CS(=O)(=O)c2ccc(C)cc2)n1CC. The number of esters is 1. The number of carbonyl (C=O) groups excluding carboxylic acids is 2. The standard InChI is InChI=1S/C27H28N4O5S3/c1-4-31-22(17-39(34,35)20-13-11-18(3)12-14-20)29-30-27(31)38-16-23(32)28-25-24(26(33)36-5-2)21(15-37-25)19-9-7-6-8-10-19/h6-15H,4-5,16-17H2,1-3H3,(H,28,32). The van der Waals surface area contributed by atoms with E-state index >= 15 is 0 Å². The van der Waals surface area contributed by atoms with E-state index in [9.17, 15) is 18.0 Å². The molecule has 0 fully saturated rings. The van der Waals surface area contributed by atoms with Gasteiger partial charge in [0.1, 0.15) is 22.1 Å². The zero-order valence-electron chi connectivity index (χ0n) is 21.7. The number of thiophene rings is 1. The first kappa shape index (κ1) is 28.5. The number of aromatic nitrogens is 3. The number of hydrogen-bond donors (Lipinski definition) is 1. The second-order valence-electron chi connectivity index (χ2n) is 8.49. The zero-order valence-corrected chi connectivity index (χ0v) is 24.2. The van der Waals surface area contributed by atoms with Gasteiger partial charge in [-0.1, -0.05) is 59.8 Å². The molecule has 1 N–H and O–H groups in total. The molecule has 2 heterocycles. The van der Waals surface area contributed by atoms with Crippen LogP contribution in [-0.4, -0.2) is 47.4 Å². The fourth-order valence-corrected chi connectivity index (χ4v) is 6.89. The molecule has 0 aliphatic rings. The summed E-state index contributed by atoms with van der Waals surface area (Å²) < 4.78 is 32.8. The van der Waals surface area contributed by atoms with Gasteiger partial charge in [0.15, 0.2) is 15.0 Å². The molecule has 4 aromatic rings. The van der Waals surface area contributed by atoms with E-state index < -0.39 is 15.8 Å². The monoisotopic (exact) mass is 584 g/mol. The van der Waals surface area contributed by atoms with Crippen LogP contribution in [0.4, 0.5) is 5.00 Å². The van der Waals surface area contributed by atoms with Crippen molar-refractivity contribution < 1.29 is 22.7 Å². The summed E-state index contributed by atoms with van der Waals surface area (Å²) in [5.41, 5.74) is 2.81. The molecule has 0 spiro atoms. The first-order chi connectivity index (χ1) is 18.7. The lowest BCUT2D eigenvalue weighted by molar-refractivity contribution is -0.113. The van der Waals surface area contributed by atoms with E-state index in [0.29, 0.717) is 33.7 Å². The Balaban J connectivity index is 1.47. The second-order valence-corrected chi connectivity index (χ2v) is 12.3. The highest BCUT2D eigenvalue weighted by Crippen LogP contribution is 2.36. The normalized spacial score (nSPS) is 11.4. The van der Waals surface area contributed by atoms with Crippen molar-refractivity contribution in [2.75, 3.05) is 17.7 Å². The minimum Gasteiger partial charge on any atom is -0.462 e. The number of sulfone groups is 1. The molecule has 0 aliphatic heterocycles. The summed E-state index contributed by atoms with van der Waals surface area (Å²) in [4.78, 5) is 25.9. The van der Waals surface area contributed by atoms with E-state index in [1.165, 1.54) is 11.3 Å². The zero-order chi connectivity index (χ0) is 28.0. The average Bonchev–Trinajstić information content (AvgIpc) is 3.51. The maximum absolute atomic E-state index is 12.9. The van der Waals surface area contributed by atoms with Gasteiger partial charge in [-0.25, -0.2) is 13.2 Å². The Morgan fingerprint density at radius 2 is 1.77 bits per heavy atom. The highest BCUT2D eigenvalue weighted by atomic mass is 32.2. The maximum Gasteiger partial charge on any atom is 0.341 e. The number of rotatable bonds is 11. The first-order valence-electron chi connectivity index (χ1n) is 12.2. The highest BCUT2D eigenvalue weighted by Gasteiger charge is 2.24. The number of nitrogens with one attached hydrogen (secondary N) is 1. The lowest BCUT2D eigenvalue weighted by atomic mass is 10.0. The van der Waals surface area contributed by atoms with E-state index in [2.05, 4.69) is 15.5 Å². The molecule has 0 saturated carbocycles. The van der Waals surface area contributed by atoms with E-state index in [4.69, 9.17) is 4.74 Å². The second kappa shape index (κ2) is 12.6. The van der Waals surface area contributed by atoms with Crippen LogP contribution >= 0.6 is 23.1 Å². The van der Waals surface area contributed by atoms with E-state index in [0.717, 1.165) is 22.9 Å². The number of hydrogen-bond acceptors (Lipinski definition) is 9. The van der Waals surface area contributed by atoms with Crippen molar-refractivity contribution in [2.24, 2.45) is 0 Å². The molecule has 2 aromatic heterocycles. The van der Waals surface area contributed by atoms with Crippen LogP contribution in [0, 0.1) is 6.92 Å². The molecule has 9 nitrogen and oxygen atoms in total. The molecule has 0 radical (unpaired) electrons. The van der Waals surface area contributed by atoms with Crippen LogP contribution in [0.15, 0.2) is 70.0 Å². The number of amides is 1. The van der Waals surface area contributed by atoms with Gasteiger partial charge in [-0.2, -0.15) is 0 Å². The Labute approximate surface area is 235 Å². The van der Waals surface area contributed by atoms with E-state index in [1.807, 2.05) is 49.6 Å². The fourth-order valence-electron chi connectivity index (χ4n) is 3.83.